The van der Waals surface area contributed by atoms with E-state index in [2.05, 4.69) is 5.32 Å². The number of benzene rings is 1. The van der Waals surface area contributed by atoms with Crippen molar-refractivity contribution in [1.29, 1.82) is 0 Å². The van der Waals surface area contributed by atoms with Crippen molar-refractivity contribution in [1.82, 2.24) is 10.2 Å². The molecule has 1 aromatic rings. The molecule has 3 rings (SSSR count). The van der Waals surface area contributed by atoms with Gasteiger partial charge in [0.25, 0.3) is 0 Å². The summed E-state index contributed by atoms with van der Waals surface area (Å²) < 4.78 is 5.54. The third-order valence-corrected chi connectivity index (χ3v) is 4.10. The number of ether oxygens (including phenoxy) is 1. The van der Waals surface area contributed by atoms with Gasteiger partial charge in [-0.2, -0.15) is 0 Å². The summed E-state index contributed by atoms with van der Waals surface area (Å²) in [5, 5.41) is 12.8. The molecule has 1 amide bonds. The number of phenols is 1. The summed E-state index contributed by atoms with van der Waals surface area (Å²) in [5.74, 6) is 0.344. The number of halogens is 1. The minimum Gasteiger partial charge on any atom is -0.508 e. The summed E-state index contributed by atoms with van der Waals surface area (Å²) >= 11 is 0. The number of carbonyl (C=O) groups excluding carboxylic acids is 1. The second kappa shape index (κ2) is 6.64. The summed E-state index contributed by atoms with van der Waals surface area (Å²) in [7, 11) is 0. The third-order valence-electron chi connectivity index (χ3n) is 4.10. The van der Waals surface area contributed by atoms with Crippen LogP contribution in [0.2, 0.25) is 0 Å². The molecule has 6 heteroatoms. The lowest BCUT2D eigenvalue weighted by Gasteiger charge is -2.36. The van der Waals surface area contributed by atoms with Crippen molar-refractivity contribution in [3.8, 4) is 5.75 Å². The van der Waals surface area contributed by atoms with Gasteiger partial charge in [0.05, 0.1) is 12.7 Å². The molecule has 1 aromatic carbocycles. The van der Waals surface area contributed by atoms with E-state index in [-0.39, 0.29) is 36.2 Å². The van der Waals surface area contributed by atoms with Gasteiger partial charge in [-0.15, -0.1) is 12.4 Å². The number of fused-ring (bicyclic) bond motifs is 1. The van der Waals surface area contributed by atoms with E-state index in [9.17, 15) is 9.90 Å². The summed E-state index contributed by atoms with van der Waals surface area (Å²) in [6.07, 6.45) is 0.741. The lowest BCUT2D eigenvalue weighted by Crippen LogP contribution is -2.57. The number of aromatic hydroxyl groups is 1. The molecular weight excluding hydrogens is 292 g/mol. The summed E-state index contributed by atoms with van der Waals surface area (Å²) in [5.41, 5.74) is 2.25. The molecule has 21 heavy (non-hydrogen) atoms. The number of carbonyl (C=O) groups is 1. The van der Waals surface area contributed by atoms with Crippen LogP contribution < -0.4 is 5.32 Å². The Kier molecular flexibility index (Phi) is 5.08. The van der Waals surface area contributed by atoms with E-state index in [1.165, 1.54) is 5.56 Å². The van der Waals surface area contributed by atoms with E-state index >= 15 is 0 Å². The summed E-state index contributed by atoms with van der Waals surface area (Å²) in [6, 6.07) is 5.14. The average Bonchev–Trinajstić information content (AvgIpc) is 2.46. The summed E-state index contributed by atoms with van der Waals surface area (Å²) in [6.45, 7) is 4.58. The smallest absolute Gasteiger partial charge is 0.242 e. The van der Waals surface area contributed by atoms with Gasteiger partial charge < -0.3 is 20.1 Å². The van der Waals surface area contributed by atoms with Crippen molar-refractivity contribution in [2.45, 2.75) is 32.0 Å². The monoisotopic (exact) mass is 312 g/mol. The van der Waals surface area contributed by atoms with Crippen LogP contribution in [0, 0.1) is 0 Å². The highest BCUT2D eigenvalue weighted by atomic mass is 35.5. The van der Waals surface area contributed by atoms with Gasteiger partial charge in [0.1, 0.15) is 11.8 Å². The van der Waals surface area contributed by atoms with Gasteiger partial charge in [-0.1, -0.05) is 6.07 Å². The Bertz CT molecular complexity index is 524. The number of rotatable bonds is 1. The Morgan fingerprint density at radius 3 is 3.00 bits per heavy atom. The quantitative estimate of drug-likeness (QED) is 0.814. The highest BCUT2D eigenvalue weighted by molar-refractivity contribution is 5.85. The van der Waals surface area contributed by atoms with Gasteiger partial charge in [-0.25, -0.2) is 0 Å². The number of nitrogens with zero attached hydrogens (tertiary/aromatic N) is 1. The van der Waals surface area contributed by atoms with Crippen LogP contribution in [0.4, 0.5) is 0 Å². The fourth-order valence-corrected chi connectivity index (χ4v) is 2.94. The molecule has 5 nitrogen and oxygen atoms in total. The van der Waals surface area contributed by atoms with E-state index < -0.39 is 0 Å². The van der Waals surface area contributed by atoms with Crippen LogP contribution in [0.5, 0.6) is 5.75 Å². The fraction of sp³-hybridized carbons (Fsp3) is 0.533. The molecule has 0 saturated carbocycles. The Balaban J connectivity index is 0.00000161. The molecule has 0 radical (unpaired) electrons. The maximum Gasteiger partial charge on any atom is 0.242 e. The largest absolute Gasteiger partial charge is 0.508 e. The minimum atomic E-state index is -0.261. The molecule has 1 fully saturated rings. The highest BCUT2D eigenvalue weighted by Gasteiger charge is 2.33. The van der Waals surface area contributed by atoms with Crippen LogP contribution in [0.1, 0.15) is 18.1 Å². The maximum absolute atomic E-state index is 12.6. The van der Waals surface area contributed by atoms with Gasteiger partial charge in [0, 0.05) is 19.6 Å². The maximum atomic E-state index is 12.6. The molecule has 2 heterocycles. The van der Waals surface area contributed by atoms with E-state index in [1.54, 1.807) is 12.1 Å². The van der Waals surface area contributed by atoms with Gasteiger partial charge in [0.15, 0.2) is 0 Å². The second-order valence-electron chi connectivity index (χ2n) is 5.47. The SMILES string of the molecule is C[C@H]1OCCN[C@@H]1C(=O)N1CCc2ccc(O)cc2C1.Cl. The van der Waals surface area contributed by atoms with Crippen molar-refractivity contribution < 1.29 is 14.6 Å². The van der Waals surface area contributed by atoms with Crippen LogP contribution in [0.15, 0.2) is 18.2 Å². The zero-order valence-corrected chi connectivity index (χ0v) is 12.9. The van der Waals surface area contributed by atoms with E-state index in [0.29, 0.717) is 19.7 Å². The van der Waals surface area contributed by atoms with Crippen molar-refractivity contribution in [2.24, 2.45) is 0 Å². The lowest BCUT2D eigenvalue weighted by molar-refractivity contribution is -0.140. The minimum absolute atomic E-state index is 0. The molecule has 116 valence electrons. The topological polar surface area (TPSA) is 61.8 Å². The van der Waals surface area contributed by atoms with Gasteiger partial charge in [-0.3, -0.25) is 4.79 Å². The van der Waals surface area contributed by atoms with Crippen LogP contribution in [-0.4, -0.2) is 47.8 Å². The number of hydrogen-bond acceptors (Lipinski definition) is 4. The lowest BCUT2D eigenvalue weighted by atomic mass is 9.98. The van der Waals surface area contributed by atoms with Gasteiger partial charge >= 0.3 is 0 Å². The molecule has 0 spiro atoms. The first-order chi connectivity index (χ1) is 9.65. The molecule has 2 N–H and O–H groups in total. The van der Waals surface area contributed by atoms with Crippen LogP contribution in [0.3, 0.4) is 0 Å². The normalized spacial score (nSPS) is 24.9. The van der Waals surface area contributed by atoms with Crippen molar-refractivity contribution in [3.05, 3.63) is 29.3 Å². The Labute approximate surface area is 130 Å². The summed E-state index contributed by atoms with van der Waals surface area (Å²) in [4.78, 5) is 14.4. The average molecular weight is 313 g/mol. The second-order valence-corrected chi connectivity index (χ2v) is 5.47. The number of phenolic OH excluding ortho intramolecular Hbond substituents is 1. The molecule has 0 bridgehead atoms. The van der Waals surface area contributed by atoms with E-state index in [1.807, 2.05) is 17.9 Å². The molecule has 0 aromatic heterocycles. The first kappa shape index (κ1) is 16.1. The first-order valence-corrected chi connectivity index (χ1v) is 7.09. The van der Waals surface area contributed by atoms with Gasteiger partial charge in [0.2, 0.25) is 5.91 Å². The van der Waals surface area contributed by atoms with E-state index in [4.69, 9.17) is 4.74 Å². The number of nitrogens with one attached hydrogen (secondary N) is 1. The van der Waals surface area contributed by atoms with Crippen molar-refractivity contribution in [2.75, 3.05) is 19.7 Å². The van der Waals surface area contributed by atoms with Crippen molar-refractivity contribution in [3.63, 3.8) is 0 Å². The zero-order valence-electron chi connectivity index (χ0n) is 12.0. The number of morpholine rings is 1. The molecular formula is C15H21ClN2O3. The fourth-order valence-electron chi connectivity index (χ4n) is 2.94. The number of amides is 1. The molecule has 1 saturated heterocycles. The third kappa shape index (κ3) is 3.31. The standard InChI is InChI=1S/C15H20N2O3.ClH/c1-10-14(16-5-7-20-10)15(19)17-6-4-11-2-3-13(18)8-12(11)9-17;/h2-3,8,10,14,16,18H,4-7,9H2,1H3;1H/t10-,14+;/m1./s1. The van der Waals surface area contributed by atoms with Crippen LogP contribution in [-0.2, 0) is 22.5 Å². The Morgan fingerprint density at radius 1 is 1.43 bits per heavy atom. The molecule has 2 aliphatic rings. The first-order valence-electron chi connectivity index (χ1n) is 7.09. The predicted octanol–water partition coefficient (Wildman–Crippen LogP) is 1.08. The Morgan fingerprint density at radius 2 is 2.24 bits per heavy atom. The van der Waals surface area contributed by atoms with Gasteiger partial charge in [-0.05, 0) is 36.6 Å². The van der Waals surface area contributed by atoms with Crippen molar-refractivity contribution >= 4 is 18.3 Å². The number of hydrogen-bond donors (Lipinski definition) is 2. The zero-order chi connectivity index (χ0) is 14.1. The highest BCUT2D eigenvalue weighted by Crippen LogP contribution is 2.24. The predicted molar refractivity (Wildman–Crippen MR) is 81.7 cm³/mol. The molecule has 0 unspecified atom stereocenters. The van der Waals surface area contributed by atoms with E-state index in [0.717, 1.165) is 18.5 Å². The molecule has 2 aliphatic heterocycles. The Hall–Kier alpha value is -1.30. The molecule has 2 atom stereocenters. The molecule has 0 aliphatic carbocycles. The van der Waals surface area contributed by atoms with Crippen LogP contribution in [0.25, 0.3) is 0 Å². The van der Waals surface area contributed by atoms with Crippen LogP contribution >= 0.6 is 12.4 Å².